The number of fused-ring (bicyclic) bond motifs is 3. The largest absolute Gasteiger partial charge is 0.507 e. The van der Waals surface area contributed by atoms with E-state index in [1.165, 1.54) is 12.1 Å². The highest BCUT2D eigenvalue weighted by Gasteiger charge is 2.41. The number of anilines is 3. The van der Waals surface area contributed by atoms with Crippen LogP contribution in [0.3, 0.4) is 0 Å². The maximum Gasteiger partial charge on any atom is 0.169 e. The number of hydrogen-bond donors (Lipinski definition) is 2. The molecule has 2 aromatic heterocycles. The predicted octanol–water partition coefficient (Wildman–Crippen LogP) is 3.00. The standard InChI is InChI=1S/C31H35N7O2/c32-31-29(15-28(34-35-31)27-5-1-2-6-30(27)39)37-17-25-7-8-26(18-37)38(25)24-9-11-33-23(14-24)4-3-12-36-13-10-21-19-40-20-22(21)16-36/h1-2,5-6,9,11,14-15,21-22,25-26,39H,7-8,10,12-13,16-20H2,(H2,32,35). The van der Waals surface area contributed by atoms with E-state index in [0.29, 0.717) is 35.1 Å². The number of nitrogens with zero attached hydrogens (tertiary/aromatic N) is 6. The molecular weight excluding hydrogens is 502 g/mol. The Bertz CT molecular complexity index is 1440. The zero-order chi connectivity index (χ0) is 27.1. The van der Waals surface area contributed by atoms with E-state index in [1.54, 1.807) is 12.1 Å². The van der Waals surface area contributed by atoms with Crippen molar-refractivity contribution in [2.75, 3.05) is 61.5 Å². The number of nitrogen functional groups attached to an aromatic ring is 1. The highest BCUT2D eigenvalue weighted by molar-refractivity contribution is 5.74. The highest BCUT2D eigenvalue weighted by Crippen LogP contribution is 2.39. The average Bonchev–Trinajstić information content (AvgIpc) is 3.55. The summed E-state index contributed by atoms with van der Waals surface area (Å²) in [7, 11) is 0. The van der Waals surface area contributed by atoms with Gasteiger partial charge in [-0.15, -0.1) is 10.2 Å². The molecule has 3 aromatic rings. The summed E-state index contributed by atoms with van der Waals surface area (Å²) in [5.74, 6) is 8.71. The van der Waals surface area contributed by atoms with Crippen molar-refractivity contribution in [1.82, 2.24) is 20.1 Å². The van der Waals surface area contributed by atoms with Crippen molar-refractivity contribution in [3.05, 3.63) is 54.4 Å². The van der Waals surface area contributed by atoms with Gasteiger partial charge in [0.25, 0.3) is 0 Å². The maximum absolute atomic E-state index is 10.3. The van der Waals surface area contributed by atoms with Crippen LogP contribution in [0.5, 0.6) is 5.75 Å². The second kappa shape index (κ2) is 10.6. The van der Waals surface area contributed by atoms with Crippen LogP contribution in [0.4, 0.5) is 17.2 Å². The van der Waals surface area contributed by atoms with Crippen LogP contribution in [0.2, 0.25) is 0 Å². The quantitative estimate of drug-likeness (QED) is 0.486. The first-order valence-electron chi connectivity index (χ1n) is 14.3. The molecule has 9 nitrogen and oxygen atoms in total. The highest BCUT2D eigenvalue weighted by atomic mass is 16.5. The SMILES string of the molecule is Nc1nnc(-c2ccccc2O)cc1N1CC2CCC(C1)N2c1ccnc(C#CCN2CCC3COCC3C2)c1. The third-order valence-corrected chi connectivity index (χ3v) is 9.00. The van der Waals surface area contributed by atoms with Crippen LogP contribution in [-0.4, -0.2) is 83.2 Å². The Kier molecular flexibility index (Phi) is 6.66. The van der Waals surface area contributed by atoms with Gasteiger partial charge >= 0.3 is 0 Å². The summed E-state index contributed by atoms with van der Waals surface area (Å²) in [6.45, 7) is 6.49. The van der Waals surface area contributed by atoms with Crippen LogP contribution >= 0.6 is 0 Å². The molecule has 4 unspecified atom stereocenters. The van der Waals surface area contributed by atoms with E-state index in [-0.39, 0.29) is 5.75 Å². The summed E-state index contributed by atoms with van der Waals surface area (Å²) in [5, 5.41) is 18.8. The molecule has 3 N–H and O–H groups in total. The summed E-state index contributed by atoms with van der Waals surface area (Å²) in [6.07, 6.45) is 5.34. The molecule has 40 heavy (non-hydrogen) atoms. The molecule has 0 amide bonds. The van der Waals surface area contributed by atoms with Crippen molar-refractivity contribution in [1.29, 1.82) is 0 Å². The van der Waals surface area contributed by atoms with E-state index in [1.807, 2.05) is 24.4 Å². The molecule has 6 heterocycles. The topological polar surface area (TPSA) is 104 Å². The lowest BCUT2D eigenvalue weighted by Crippen LogP contribution is -2.54. The second-order valence-corrected chi connectivity index (χ2v) is 11.5. The number of aromatic nitrogens is 3. The third kappa shape index (κ3) is 4.82. The van der Waals surface area contributed by atoms with Gasteiger partial charge in [0.15, 0.2) is 5.82 Å². The maximum atomic E-state index is 10.3. The van der Waals surface area contributed by atoms with Gasteiger partial charge in [0.05, 0.1) is 24.5 Å². The fourth-order valence-corrected chi connectivity index (χ4v) is 6.96. The third-order valence-electron chi connectivity index (χ3n) is 9.00. The van der Waals surface area contributed by atoms with Crippen molar-refractivity contribution in [3.8, 4) is 28.8 Å². The first-order chi connectivity index (χ1) is 19.6. The second-order valence-electron chi connectivity index (χ2n) is 11.5. The van der Waals surface area contributed by atoms with Crippen molar-refractivity contribution in [2.24, 2.45) is 11.8 Å². The number of piperidine rings is 1. The Morgan fingerprint density at radius 1 is 0.975 bits per heavy atom. The zero-order valence-electron chi connectivity index (χ0n) is 22.6. The van der Waals surface area contributed by atoms with Crippen LogP contribution in [0.1, 0.15) is 25.0 Å². The van der Waals surface area contributed by atoms with Gasteiger partial charge in [-0.1, -0.05) is 18.1 Å². The number of ether oxygens (including phenoxy) is 1. The van der Waals surface area contributed by atoms with Gasteiger partial charge in [0.1, 0.15) is 11.4 Å². The van der Waals surface area contributed by atoms with Gasteiger partial charge in [0, 0.05) is 61.7 Å². The summed E-state index contributed by atoms with van der Waals surface area (Å²) in [5.41, 5.74) is 10.5. The number of para-hydroxylation sites is 1. The van der Waals surface area contributed by atoms with Crippen molar-refractivity contribution < 1.29 is 9.84 Å². The minimum Gasteiger partial charge on any atom is -0.507 e. The molecule has 0 radical (unpaired) electrons. The summed E-state index contributed by atoms with van der Waals surface area (Å²) >= 11 is 0. The number of phenolic OH excluding ortho intramolecular Hbond substituents is 1. The van der Waals surface area contributed by atoms with E-state index in [0.717, 1.165) is 76.1 Å². The first-order valence-corrected chi connectivity index (χ1v) is 14.3. The average molecular weight is 538 g/mol. The number of hydrogen-bond acceptors (Lipinski definition) is 9. The van der Waals surface area contributed by atoms with E-state index in [2.05, 4.69) is 53.9 Å². The smallest absolute Gasteiger partial charge is 0.169 e. The Labute approximate surface area is 235 Å². The number of benzene rings is 1. The molecule has 4 atom stereocenters. The van der Waals surface area contributed by atoms with Crippen molar-refractivity contribution in [3.63, 3.8) is 0 Å². The van der Waals surface area contributed by atoms with Crippen molar-refractivity contribution in [2.45, 2.75) is 31.3 Å². The van der Waals surface area contributed by atoms with Gasteiger partial charge in [-0.3, -0.25) is 4.90 Å². The molecule has 0 saturated carbocycles. The van der Waals surface area contributed by atoms with E-state index < -0.39 is 0 Å². The minimum atomic E-state index is 0.182. The van der Waals surface area contributed by atoms with E-state index in [4.69, 9.17) is 10.5 Å². The molecule has 2 bridgehead atoms. The Hall–Kier alpha value is -3.87. The van der Waals surface area contributed by atoms with Gasteiger partial charge in [-0.05, 0) is 68.0 Å². The van der Waals surface area contributed by atoms with Crippen LogP contribution < -0.4 is 15.5 Å². The molecule has 7 rings (SSSR count). The molecule has 0 spiro atoms. The minimum absolute atomic E-state index is 0.182. The monoisotopic (exact) mass is 537 g/mol. The number of nitrogens with two attached hydrogens (primary N) is 1. The fourth-order valence-electron chi connectivity index (χ4n) is 6.96. The first kappa shape index (κ1) is 25.1. The number of rotatable bonds is 4. The molecule has 4 aliphatic rings. The Balaban J connectivity index is 1.05. The van der Waals surface area contributed by atoms with Crippen LogP contribution in [-0.2, 0) is 4.74 Å². The molecule has 9 heteroatoms. The molecule has 4 aliphatic heterocycles. The molecule has 4 saturated heterocycles. The van der Waals surface area contributed by atoms with Crippen molar-refractivity contribution >= 4 is 17.2 Å². The molecule has 0 aliphatic carbocycles. The summed E-state index contributed by atoms with van der Waals surface area (Å²) in [4.78, 5) is 11.9. The molecular formula is C31H35N7O2. The molecule has 4 fully saturated rings. The molecule has 206 valence electrons. The Morgan fingerprint density at radius 2 is 1.80 bits per heavy atom. The lowest BCUT2D eigenvalue weighted by atomic mass is 9.89. The number of aromatic hydroxyl groups is 1. The number of pyridine rings is 1. The normalized spacial score (nSPS) is 25.9. The zero-order valence-corrected chi connectivity index (χ0v) is 22.6. The summed E-state index contributed by atoms with van der Waals surface area (Å²) < 4.78 is 5.67. The number of phenols is 1. The predicted molar refractivity (Wildman–Crippen MR) is 155 cm³/mol. The summed E-state index contributed by atoms with van der Waals surface area (Å²) in [6, 6.07) is 14.1. The van der Waals surface area contributed by atoms with Crippen LogP contribution in [0, 0.1) is 23.7 Å². The van der Waals surface area contributed by atoms with Crippen LogP contribution in [0.25, 0.3) is 11.3 Å². The van der Waals surface area contributed by atoms with Gasteiger partial charge in [0.2, 0.25) is 0 Å². The Morgan fingerprint density at radius 3 is 2.65 bits per heavy atom. The van der Waals surface area contributed by atoms with Gasteiger partial charge in [-0.25, -0.2) is 4.98 Å². The van der Waals surface area contributed by atoms with E-state index >= 15 is 0 Å². The lowest BCUT2D eigenvalue weighted by molar-refractivity contribution is 0.162. The number of piperazine rings is 1. The van der Waals surface area contributed by atoms with E-state index in [9.17, 15) is 5.11 Å². The lowest BCUT2D eigenvalue weighted by Gasteiger charge is -2.43. The van der Waals surface area contributed by atoms with Gasteiger partial charge < -0.3 is 25.4 Å². The van der Waals surface area contributed by atoms with Gasteiger partial charge in [-0.2, -0.15) is 0 Å². The molecule has 1 aromatic carbocycles. The number of likely N-dealkylation sites (tertiary alicyclic amines) is 1. The van der Waals surface area contributed by atoms with Crippen LogP contribution in [0.15, 0.2) is 48.7 Å². The fraction of sp³-hybridized carbons (Fsp3) is 0.452.